The zero-order valence-electron chi connectivity index (χ0n) is 15.2. The van der Waals surface area contributed by atoms with E-state index < -0.39 is 0 Å². The summed E-state index contributed by atoms with van der Waals surface area (Å²) in [7, 11) is 0. The Morgan fingerprint density at radius 2 is 2.04 bits per heavy atom. The van der Waals surface area contributed by atoms with Crippen LogP contribution in [-0.4, -0.2) is 35.3 Å². The number of rotatable bonds is 4. The molecule has 4 aromatic rings. The molecule has 0 saturated heterocycles. The van der Waals surface area contributed by atoms with E-state index in [0.29, 0.717) is 43.2 Å². The summed E-state index contributed by atoms with van der Waals surface area (Å²) in [6, 6.07) is 1.96. The predicted octanol–water partition coefficient (Wildman–Crippen LogP) is 2.84. The lowest BCUT2D eigenvalue weighted by Crippen LogP contribution is -2.11. The van der Waals surface area contributed by atoms with Crippen molar-refractivity contribution < 1.29 is 4.79 Å². The Balaban J connectivity index is 1.69. The number of thiophene rings is 1. The molecule has 0 amide bonds. The van der Waals surface area contributed by atoms with Gasteiger partial charge in [-0.25, -0.2) is 9.97 Å². The van der Waals surface area contributed by atoms with Crippen molar-refractivity contribution in [2.45, 2.75) is 38.6 Å². The monoisotopic (exact) mass is 400 g/mol. The van der Waals surface area contributed by atoms with Crippen molar-refractivity contribution in [2.75, 3.05) is 0 Å². The highest BCUT2D eigenvalue weighted by Gasteiger charge is 2.17. The molecule has 0 aromatic carbocycles. The largest absolute Gasteiger partial charge is 0.309 e. The molecule has 0 saturated carbocycles. The van der Waals surface area contributed by atoms with E-state index in [1.165, 1.54) is 30.0 Å². The third-order valence-electron chi connectivity index (χ3n) is 4.17. The number of ketones is 1. The van der Waals surface area contributed by atoms with Crippen LogP contribution in [0.5, 0.6) is 0 Å². The van der Waals surface area contributed by atoms with E-state index in [1.807, 2.05) is 24.3 Å². The molecular formula is C17H16N6O2S2. The van der Waals surface area contributed by atoms with Crippen molar-refractivity contribution in [3.05, 3.63) is 44.1 Å². The molecule has 0 radical (unpaired) electrons. The maximum atomic E-state index is 12.5. The van der Waals surface area contributed by atoms with Crippen LogP contribution in [0, 0.1) is 20.8 Å². The molecule has 0 spiro atoms. The van der Waals surface area contributed by atoms with Crippen molar-refractivity contribution >= 4 is 44.9 Å². The first-order valence-electron chi connectivity index (χ1n) is 8.20. The summed E-state index contributed by atoms with van der Waals surface area (Å²) in [6.07, 6.45) is 0. The molecule has 0 fully saturated rings. The smallest absolute Gasteiger partial charge is 0.259 e. The normalized spacial score (nSPS) is 11.6. The lowest BCUT2D eigenvalue weighted by atomic mass is 10.2. The number of H-pyrrole nitrogens is 1. The summed E-state index contributed by atoms with van der Waals surface area (Å²) >= 11 is 2.68. The van der Waals surface area contributed by atoms with Crippen LogP contribution in [0.4, 0.5) is 0 Å². The van der Waals surface area contributed by atoms with Crippen molar-refractivity contribution in [2.24, 2.45) is 0 Å². The lowest BCUT2D eigenvalue weighted by molar-refractivity contribution is 0.102. The highest BCUT2D eigenvalue weighted by atomic mass is 32.2. The predicted molar refractivity (Wildman–Crippen MR) is 105 cm³/mol. The second-order valence-corrected chi connectivity index (χ2v) is 8.19. The van der Waals surface area contributed by atoms with Crippen LogP contribution in [0.1, 0.15) is 39.4 Å². The Labute approximate surface area is 162 Å². The molecule has 138 valence electrons. The maximum absolute atomic E-state index is 12.5. The number of carbonyl (C=O) groups is 1. The van der Waals surface area contributed by atoms with Crippen LogP contribution < -0.4 is 5.56 Å². The minimum absolute atomic E-state index is 0.0565. The van der Waals surface area contributed by atoms with Crippen molar-refractivity contribution in [3.8, 4) is 0 Å². The molecule has 0 aliphatic heterocycles. The summed E-state index contributed by atoms with van der Waals surface area (Å²) in [5, 5.41) is 9.47. The quantitative estimate of drug-likeness (QED) is 0.415. The van der Waals surface area contributed by atoms with E-state index in [2.05, 4.69) is 25.1 Å². The van der Waals surface area contributed by atoms with Gasteiger partial charge in [0, 0.05) is 11.4 Å². The highest BCUT2D eigenvalue weighted by Crippen LogP contribution is 2.28. The van der Waals surface area contributed by atoms with Gasteiger partial charge in [0.05, 0.1) is 16.0 Å². The number of nitrogens with zero attached hydrogens (tertiary/aromatic N) is 5. The van der Waals surface area contributed by atoms with Gasteiger partial charge < -0.3 is 4.98 Å². The standard InChI is InChI=1S/C17H16N6O2S2/c1-7-5-8(2)23-16(18-7)21-22-17(23)26-6-11-19-14(25)12-9(3)13(10(4)24)27-15(12)20-11/h5H,6H2,1-4H3,(H,19,20,25). The van der Waals surface area contributed by atoms with E-state index in [1.54, 1.807) is 6.92 Å². The minimum Gasteiger partial charge on any atom is -0.309 e. The molecule has 0 atom stereocenters. The van der Waals surface area contributed by atoms with Crippen molar-refractivity contribution in [1.29, 1.82) is 0 Å². The van der Waals surface area contributed by atoms with E-state index in [9.17, 15) is 9.59 Å². The Bertz CT molecular complexity index is 1270. The second-order valence-electron chi connectivity index (χ2n) is 6.25. The molecule has 27 heavy (non-hydrogen) atoms. The van der Waals surface area contributed by atoms with Gasteiger partial charge in [0.1, 0.15) is 10.7 Å². The van der Waals surface area contributed by atoms with Crippen molar-refractivity contribution in [3.63, 3.8) is 0 Å². The third-order valence-corrected chi connectivity index (χ3v) is 6.40. The number of hydrogen-bond acceptors (Lipinski definition) is 8. The molecule has 1 N–H and O–H groups in total. The van der Waals surface area contributed by atoms with E-state index in [-0.39, 0.29) is 11.3 Å². The topological polar surface area (TPSA) is 106 Å². The minimum atomic E-state index is -0.226. The van der Waals surface area contributed by atoms with Crippen LogP contribution in [0.2, 0.25) is 0 Å². The number of aryl methyl sites for hydroxylation is 3. The molecule has 4 heterocycles. The first kappa shape index (κ1) is 17.8. The Morgan fingerprint density at radius 3 is 2.78 bits per heavy atom. The first-order valence-corrected chi connectivity index (χ1v) is 10.0. The average molecular weight is 400 g/mol. The number of aromatic nitrogens is 6. The molecule has 0 bridgehead atoms. The molecule has 0 aliphatic carbocycles. The van der Waals surface area contributed by atoms with Crippen LogP contribution in [0.25, 0.3) is 16.0 Å². The van der Waals surface area contributed by atoms with Crippen LogP contribution in [0.3, 0.4) is 0 Å². The Hall–Kier alpha value is -2.59. The van der Waals surface area contributed by atoms with Gasteiger partial charge in [-0.2, -0.15) is 0 Å². The van der Waals surface area contributed by atoms with Gasteiger partial charge in [-0.3, -0.25) is 14.0 Å². The Morgan fingerprint density at radius 1 is 1.26 bits per heavy atom. The molecule has 10 heteroatoms. The molecule has 0 aliphatic rings. The fourth-order valence-corrected chi connectivity index (χ4v) is 4.97. The van der Waals surface area contributed by atoms with E-state index in [4.69, 9.17) is 0 Å². The fraction of sp³-hybridized carbons (Fsp3) is 0.294. The van der Waals surface area contributed by atoms with E-state index >= 15 is 0 Å². The van der Waals surface area contributed by atoms with Crippen LogP contribution >= 0.6 is 23.1 Å². The first-order chi connectivity index (χ1) is 12.8. The number of aromatic amines is 1. The molecule has 8 nitrogen and oxygen atoms in total. The second kappa shape index (κ2) is 6.54. The van der Waals surface area contributed by atoms with Gasteiger partial charge in [0.2, 0.25) is 0 Å². The van der Waals surface area contributed by atoms with Crippen LogP contribution in [-0.2, 0) is 5.75 Å². The summed E-state index contributed by atoms with van der Waals surface area (Å²) in [5.74, 6) is 1.44. The number of fused-ring (bicyclic) bond motifs is 2. The fourth-order valence-electron chi connectivity index (χ4n) is 3.02. The number of hydrogen-bond donors (Lipinski definition) is 1. The molecule has 0 unspecified atom stereocenters. The molecule has 4 rings (SSSR count). The van der Waals surface area contributed by atoms with Gasteiger partial charge in [-0.15, -0.1) is 21.5 Å². The van der Waals surface area contributed by atoms with Gasteiger partial charge in [0.25, 0.3) is 11.3 Å². The van der Waals surface area contributed by atoms with Gasteiger partial charge in [-0.05, 0) is 39.3 Å². The average Bonchev–Trinajstić information content (AvgIpc) is 3.14. The molecular weight excluding hydrogens is 384 g/mol. The summed E-state index contributed by atoms with van der Waals surface area (Å²) in [4.78, 5) is 37.1. The SMILES string of the molecule is CC(=O)c1sc2nc(CSc3nnc4nc(C)cc(C)n34)[nH]c(=O)c2c1C. The van der Waals surface area contributed by atoms with Crippen molar-refractivity contribution in [1.82, 2.24) is 29.5 Å². The highest BCUT2D eigenvalue weighted by molar-refractivity contribution is 7.98. The van der Waals surface area contributed by atoms with Gasteiger partial charge in [0.15, 0.2) is 10.9 Å². The number of Topliss-reactive ketones (excluding diaryl/α,β-unsaturated/α-hetero) is 1. The van der Waals surface area contributed by atoms with Crippen LogP contribution in [0.15, 0.2) is 16.0 Å². The number of nitrogens with one attached hydrogen (secondary N) is 1. The third kappa shape index (κ3) is 3.04. The summed E-state index contributed by atoms with van der Waals surface area (Å²) < 4.78 is 1.87. The van der Waals surface area contributed by atoms with Gasteiger partial charge in [-0.1, -0.05) is 11.8 Å². The number of carbonyl (C=O) groups excluding carboxylic acids is 1. The zero-order valence-corrected chi connectivity index (χ0v) is 16.8. The summed E-state index contributed by atoms with van der Waals surface area (Å²) in [5.41, 5.74) is 2.34. The molecule has 4 aromatic heterocycles. The number of thioether (sulfide) groups is 1. The zero-order chi connectivity index (χ0) is 19.3. The van der Waals surface area contributed by atoms with E-state index in [0.717, 1.165) is 11.4 Å². The summed E-state index contributed by atoms with van der Waals surface area (Å²) in [6.45, 7) is 7.16. The van der Waals surface area contributed by atoms with Gasteiger partial charge >= 0.3 is 0 Å². The lowest BCUT2D eigenvalue weighted by Gasteiger charge is -2.04. The maximum Gasteiger partial charge on any atom is 0.259 e. The Kier molecular flexibility index (Phi) is 4.31.